The molecular formula is C20H22N4O2. The lowest BCUT2D eigenvalue weighted by atomic mass is 9.90. The van der Waals surface area contributed by atoms with Crippen LogP contribution < -0.4 is 16.0 Å². The van der Waals surface area contributed by atoms with Gasteiger partial charge in [0.05, 0.1) is 6.61 Å². The molecule has 0 unspecified atom stereocenters. The summed E-state index contributed by atoms with van der Waals surface area (Å²) in [6.07, 6.45) is 0.946. The molecule has 0 radical (unpaired) electrons. The molecule has 2 rings (SSSR count). The summed E-state index contributed by atoms with van der Waals surface area (Å²) in [5.74, 6) is 1.23. The van der Waals surface area contributed by atoms with Crippen LogP contribution in [0.25, 0.3) is 11.1 Å². The maximum Gasteiger partial charge on any atom is 0.268 e. The number of rotatable bonds is 5. The van der Waals surface area contributed by atoms with Gasteiger partial charge >= 0.3 is 0 Å². The quantitative estimate of drug-likeness (QED) is 0.857. The lowest BCUT2D eigenvalue weighted by molar-refractivity contribution is 0.289. The van der Waals surface area contributed by atoms with Crippen LogP contribution in [0.1, 0.15) is 42.5 Å². The number of nitrogens with one attached hydrogen (secondary N) is 1. The molecule has 0 saturated carbocycles. The summed E-state index contributed by atoms with van der Waals surface area (Å²) in [4.78, 5) is 14.5. The number of nitrogens with two attached hydrogens (primary N) is 1. The van der Waals surface area contributed by atoms with Gasteiger partial charge in [-0.15, -0.1) is 0 Å². The number of hydrogen-bond acceptors (Lipinski definition) is 5. The first-order chi connectivity index (χ1) is 12.3. The molecule has 134 valence electrons. The van der Waals surface area contributed by atoms with Crippen LogP contribution in [0, 0.1) is 42.4 Å². The van der Waals surface area contributed by atoms with Gasteiger partial charge in [-0.1, -0.05) is 13.8 Å². The lowest BCUT2D eigenvalue weighted by Crippen LogP contribution is -2.17. The van der Waals surface area contributed by atoms with Gasteiger partial charge in [-0.05, 0) is 55.0 Å². The van der Waals surface area contributed by atoms with Crippen molar-refractivity contribution in [1.29, 1.82) is 10.5 Å². The van der Waals surface area contributed by atoms with Gasteiger partial charge in [0, 0.05) is 5.56 Å². The molecule has 0 aliphatic heterocycles. The average molecular weight is 350 g/mol. The van der Waals surface area contributed by atoms with Crippen molar-refractivity contribution in [2.45, 2.75) is 34.1 Å². The molecule has 0 spiro atoms. The smallest absolute Gasteiger partial charge is 0.268 e. The third-order valence-electron chi connectivity index (χ3n) is 4.19. The summed E-state index contributed by atoms with van der Waals surface area (Å²) in [6.45, 7) is 8.59. The molecule has 1 aromatic carbocycles. The summed E-state index contributed by atoms with van der Waals surface area (Å²) in [5, 5.41) is 18.9. The van der Waals surface area contributed by atoms with E-state index in [2.05, 4.69) is 18.8 Å². The Balaban J connectivity index is 2.63. The Morgan fingerprint density at radius 2 is 1.69 bits per heavy atom. The third kappa shape index (κ3) is 3.70. The van der Waals surface area contributed by atoms with Crippen molar-refractivity contribution in [2.24, 2.45) is 5.92 Å². The first-order valence-corrected chi connectivity index (χ1v) is 8.40. The average Bonchev–Trinajstić information content (AvgIpc) is 2.54. The van der Waals surface area contributed by atoms with Gasteiger partial charge in [0.15, 0.2) is 0 Å². The summed E-state index contributed by atoms with van der Waals surface area (Å²) >= 11 is 0. The summed E-state index contributed by atoms with van der Waals surface area (Å²) in [6, 6.07) is 7.60. The van der Waals surface area contributed by atoms with E-state index < -0.39 is 5.56 Å². The van der Waals surface area contributed by atoms with Gasteiger partial charge in [-0.25, -0.2) is 0 Å². The van der Waals surface area contributed by atoms with E-state index in [9.17, 15) is 15.3 Å². The standard InChI is InChI=1S/C20H22N4O2/c1-11(2)5-6-26-14-7-12(3)17(13(4)8-14)18-15(9-21)19(23)24-20(25)16(18)10-22/h7-8,11H,5-6H2,1-4H3,(H3,23,24,25). The number of nitrogens with zero attached hydrogens (tertiary/aromatic N) is 2. The Labute approximate surface area is 152 Å². The Morgan fingerprint density at radius 3 is 2.19 bits per heavy atom. The molecule has 6 heteroatoms. The lowest BCUT2D eigenvalue weighted by Gasteiger charge is -2.16. The topological polar surface area (TPSA) is 116 Å². The molecule has 0 aliphatic rings. The van der Waals surface area contributed by atoms with Crippen molar-refractivity contribution >= 4 is 5.82 Å². The monoisotopic (exact) mass is 350 g/mol. The predicted molar refractivity (Wildman–Crippen MR) is 101 cm³/mol. The van der Waals surface area contributed by atoms with Crippen LogP contribution in [-0.4, -0.2) is 11.6 Å². The Kier molecular flexibility index (Phi) is 5.69. The maximum absolute atomic E-state index is 12.1. The summed E-state index contributed by atoms with van der Waals surface area (Å²) in [5.41, 5.74) is 7.74. The largest absolute Gasteiger partial charge is 0.494 e. The van der Waals surface area contributed by atoms with E-state index in [1.54, 1.807) is 0 Å². The molecule has 0 atom stereocenters. The van der Waals surface area contributed by atoms with Crippen LogP contribution in [-0.2, 0) is 0 Å². The number of benzene rings is 1. The van der Waals surface area contributed by atoms with Crippen LogP contribution in [0.3, 0.4) is 0 Å². The van der Waals surface area contributed by atoms with Crippen molar-refractivity contribution in [2.75, 3.05) is 12.3 Å². The van der Waals surface area contributed by atoms with Crippen LogP contribution in [0.2, 0.25) is 0 Å². The SMILES string of the molecule is Cc1cc(OCCC(C)C)cc(C)c1-c1c(C#N)c(N)[nH]c(=O)c1C#N. The van der Waals surface area contributed by atoms with Gasteiger partial charge < -0.3 is 15.5 Å². The van der Waals surface area contributed by atoms with E-state index in [-0.39, 0.29) is 22.5 Å². The fraction of sp³-hybridized carbons (Fsp3) is 0.350. The van der Waals surface area contributed by atoms with E-state index in [1.165, 1.54) is 0 Å². The van der Waals surface area contributed by atoms with Crippen molar-refractivity contribution in [3.05, 3.63) is 44.7 Å². The molecule has 0 amide bonds. The highest BCUT2D eigenvalue weighted by Gasteiger charge is 2.21. The molecule has 1 heterocycles. The number of aryl methyl sites for hydroxylation is 2. The molecule has 0 bridgehead atoms. The number of anilines is 1. The fourth-order valence-corrected chi connectivity index (χ4v) is 2.91. The molecular weight excluding hydrogens is 328 g/mol. The maximum atomic E-state index is 12.1. The minimum Gasteiger partial charge on any atom is -0.494 e. The number of ether oxygens (including phenoxy) is 1. The van der Waals surface area contributed by atoms with Crippen molar-refractivity contribution < 1.29 is 4.74 Å². The van der Waals surface area contributed by atoms with Gasteiger partial charge in [0.2, 0.25) is 0 Å². The van der Waals surface area contributed by atoms with Gasteiger partial charge in [0.25, 0.3) is 5.56 Å². The normalized spacial score (nSPS) is 10.4. The van der Waals surface area contributed by atoms with Crippen LogP contribution >= 0.6 is 0 Å². The Bertz CT molecular complexity index is 952. The molecule has 2 aromatic rings. The van der Waals surface area contributed by atoms with Crippen LogP contribution in [0.5, 0.6) is 5.75 Å². The van der Waals surface area contributed by atoms with E-state index in [1.807, 2.05) is 38.1 Å². The Hall–Kier alpha value is -3.25. The molecule has 26 heavy (non-hydrogen) atoms. The van der Waals surface area contributed by atoms with E-state index in [0.717, 1.165) is 23.3 Å². The predicted octanol–water partition coefficient (Wildman–Crippen LogP) is 3.41. The number of pyridine rings is 1. The molecule has 0 saturated heterocycles. The van der Waals surface area contributed by atoms with E-state index in [0.29, 0.717) is 18.1 Å². The molecule has 1 aromatic heterocycles. The number of hydrogen-bond donors (Lipinski definition) is 2. The third-order valence-corrected chi connectivity index (χ3v) is 4.19. The summed E-state index contributed by atoms with van der Waals surface area (Å²) < 4.78 is 5.81. The molecule has 0 aliphatic carbocycles. The second-order valence-corrected chi connectivity index (χ2v) is 6.68. The first-order valence-electron chi connectivity index (χ1n) is 8.40. The second kappa shape index (κ2) is 7.76. The number of nitriles is 2. The fourth-order valence-electron chi connectivity index (χ4n) is 2.91. The van der Waals surface area contributed by atoms with Gasteiger partial charge in [-0.3, -0.25) is 4.79 Å². The van der Waals surface area contributed by atoms with E-state index >= 15 is 0 Å². The zero-order chi connectivity index (χ0) is 19.4. The highest BCUT2D eigenvalue weighted by molar-refractivity contribution is 5.84. The number of aromatic amines is 1. The molecule has 3 N–H and O–H groups in total. The van der Waals surface area contributed by atoms with Gasteiger partial charge in [0.1, 0.15) is 34.8 Å². The molecule has 6 nitrogen and oxygen atoms in total. The van der Waals surface area contributed by atoms with Crippen LogP contribution in [0.15, 0.2) is 16.9 Å². The van der Waals surface area contributed by atoms with Crippen molar-refractivity contribution in [1.82, 2.24) is 4.98 Å². The minimum atomic E-state index is -0.602. The number of aromatic nitrogens is 1. The van der Waals surface area contributed by atoms with Crippen molar-refractivity contribution in [3.8, 4) is 29.0 Å². The minimum absolute atomic E-state index is 0.0393. The van der Waals surface area contributed by atoms with Gasteiger partial charge in [-0.2, -0.15) is 10.5 Å². The zero-order valence-electron chi connectivity index (χ0n) is 15.4. The van der Waals surface area contributed by atoms with Crippen LogP contribution in [0.4, 0.5) is 5.82 Å². The highest BCUT2D eigenvalue weighted by Crippen LogP contribution is 2.35. The van der Waals surface area contributed by atoms with Crippen molar-refractivity contribution in [3.63, 3.8) is 0 Å². The Morgan fingerprint density at radius 1 is 1.12 bits per heavy atom. The number of H-pyrrole nitrogens is 1. The second-order valence-electron chi connectivity index (χ2n) is 6.68. The molecule has 0 fully saturated rings. The zero-order valence-corrected chi connectivity index (χ0v) is 15.4. The highest BCUT2D eigenvalue weighted by atomic mass is 16.5. The first kappa shape index (κ1) is 19.1. The number of nitrogen functional groups attached to an aromatic ring is 1. The van der Waals surface area contributed by atoms with E-state index in [4.69, 9.17) is 10.5 Å². The summed E-state index contributed by atoms with van der Waals surface area (Å²) in [7, 11) is 0.